The Labute approximate surface area is 422 Å². The molecular weight excluding hydrogens is 917 g/mol. The summed E-state index contributed by atoms with van der Waals surface area (Å²) >= 11 is 3.65. The monoisotopic (exact) mass is 954 g/mol. The van der Waals surface area contributed by atoms with Gasteiger partial charge in [-0.15, -0.1) is 0 Å². The molecule has 2 aliphatic heterocycles. The molecule has 72 heavy (non-hydrogen) atoms. The number of aromatic nitrogens is 4. The van der Waals surface area contributed by atoms with Crippen LogP contribution in [0.1, 0.15) is 0 Å². The summed E-state index contributed by atoms with van der Waals surface area (Å²) in [5.41, 5.74) is 12.7. The molecule has 0 fully saturated rings. The van der Waals surface area contributed by atoms with Crippen molar-refractivity contribution in [1.29, 1.82) is 0 Å². The van der Waals surface area contributed by atoms with Crippen molar-refractivity contribution in [3.63, 3.8) is 0 Å². The quantitative estimate of drug-likeness (QED) is 0.164. The molecule has 16 rings (SSSR count). The molecule has 8 heteroatoms. The van der Waals surface area contributed by atoms with Crippen LogP contribution in [0.2, 0.25) is 0 Å². The van der Waals surface area contributed by atoms with Gasteiger partial charge in [0.25, 0.3) is 0 Å². The molecule has 0 unspecified atom stereocenters. The zero-order valence-electron chi connectivity index (χ0n) is 38.4. The molecular formula is C64H38N6S2. The van der Waals surface area contributed by atoms with Crippen LogP contribution in [0.25, 0.3) is 87.8 Å². The number of fused-ring (bicyclic) bond motifs is 16. The lowest BCUT2D eigenvalue weighted by Crippen LogP contribution is -2.15. The summed E-state index contributed by atoms with van der Waals surface area (Å²) < 4.78 is 4.69. The highest BCUT2D eigenvalue weighted by Gasteiger charge is 2.29. The van der Waals surface area contributed by atoms with Crippen LogP contribution in [0.4, 0.5) is 34.1 Å². The fourth-order valence-electron chi connectivity index (χ4n) is 11.6. The SMILES string of the molecule is c1ccc2c(c1)Sc1ccccc1N2c1ccc2c3ccc(N4c5ccccc5Sc5ccccc54)cc3c3nc(-n4c5ccccc5c5ccccc54)c(-n4c5ccccc5c5ccccc54)nc3c2c1. The third kappa shape index (κ3) is 5.70. The van der Waals surface area contributed by atoms with E-state index in [9.17, 15) is 0 Å². The molecule has 0 bridgehead atoms. The topological polar surface area (TPSA) is 42.1 Å². The van der Waals surface area contributed by atoms with E-state index in [1.165, 1.54) is 41.1 Å². The van der Waals surface area contributed by atoms with Crippen LogP contribution in [0.5, 0.6) is 0 Å². The number of rotatable bonds is 4. The number of hydrogen-bond donors (Lipinski definition) is 0. The minimum atomic E-state index is 0.759. The largest absolute Gasteiger partial charge is 0.308 e. The number of hydrogen-bond acceptors (Lipinski definition) is 6. The minimum absolute atomic E-state index is 0.759. The molecule has 0 radical (unpaired) electrons. The molecule has 6 nitrogen and oxygen atoms in total. The Morgan fingerprint density at radius 1 is 0.264 bits per heavy atom. The zero-order valence-corrected chi connectivity index (χ0v) is 40.1. The average molecular weight is 955 g/mol. The maximum atomic E-state index is 6.09. The Morgan fingerprint density at radius 2 is 0.556 bits per heavy atom. The highest BCUT2D eigenvalue weighted by molar-refractivity contribution is 8.00. The van der Waals surface area contributed by atoms with Gasteiger partial charge in [-0.3, -0.25) is 9.13 Å². The number of nitrogens with zero attached hydrogens (tertiary/aromatic N) is 6. The summed E-state index contributed by atoms with van der Waals surface area (Å²) in [5.74, 6) is 1.52. The minimum Gasteiger partial charge on any atom is -0.308 e. The van der Waals surface area contributed by atoms with Crippen LogP contribution < -0.4 is 9.80 Å². The second-order valence-corrected chi connectivity index (χ2v) is 20.7. The standard InChI is InChI=1S/C64H38N6S2/c1-5-21-49-43(17-1)44-18-2-6-22-50(44)69(49)63-64(70-51-23-7-3-19-45(51)46-20-4-8-24-52(46)70)66-62-48-38-40(68-55-27-11-15-31-59(55)72-60-32-16-12-28-56(60)68)34-36-42(48)41-35-33-39(37-47(41)61(62)65-63)67-53-25-9-13-29-57(53)71-58-30-14-10-26-54(58)67/h1-38H. The fraction of sp³-hybridized carbons (Fsp3) is 0. The third-order valence-corrected chi connectivity index (χ3v) is 16.9. The Kier molecular flexibility index (Phi) is 8.51. The van der Waals surface area contributed by atoms with Gasteiger partial charge in [-0.25, -0.2) is 9.97 Å². The first-order valence-corrected chi connectivity index (χ1v) is 25.9. The van der Waals surface area contributed by atoms with E-state index in [1.54, 1.807) is 0 Å². The molecule has 336 valence electrons. The van der Waals surface area contributed by atoms with Gasteiger partial charge in [0.05, 0.1) is 55.8 Å². The van der Waals surface area contributed by atoms with Crippen molar-refractivity contribution >= 4 is 134 Å². The lowest BCUT2D eigenvalue weighted by molar-refractivity contribution is 0.998. The molecule has 14 aromatic rings. The summed E-state index contributed by atoms with van der Waals surface area (Å²) in [5, 5.41) is 8.95. The lowest BCUT2D eigenvalue weighted by atomic mass is 9.97. The van der Waals surface area contributed by atoms with E-state index < -0.39 is 0 Å². The van der Waals surface area contributed by atoms with E-state index in [2.05, 4.69) is 249 Å². The van der Waals surface area contributed by atoms with Crippen LogP contribution in [-0.2, 0) is 0 Å². The first-order valence-electron chi connectivity index (χ1n) is 24.2. The molecule has 2 aliphatic rings. The fourth-order valence-corrected chi connectivity index (χ4v) is 13.7. The molecule has 0 amide bonds. The predicted molar refractivity (Wildman–Crippen MR) is 301 cm³/mol. The van der Waals surface area contributed by atoms with Crippen LogP contribution >= 0.6 is 23.5 Å². The average Bonchev–Trinajstić information content (AvgIpc) is 3.96. The molecule has 0 spiro atoms. The molecule has 11 aromatic carbocycles. The second kappa shape index (κ2) is 15.3. The Balaban J connectivity index is 1.07. The van der Waals surface area contributed by atoms with Gasteiger partial charge in [0.1, 0.15) is 0 Å². The van der Waals surface area contributed by atoms with Crippen LogP contribution in [0, 0.1) is 0 Å². The Hall–Kier alpha value is -8.82. The van der Waals surface area contributed by atoms with Crippen LogP contribution in [0.15, 0.2) is 250 Å². The van der Waals surface area contributed by atoms with E-state index in [-0.39, 0.29) is 0 Å². The maximum Gasteiger partial charge on any atom is 0.182 e. The predicted octanol–water partition coefficient (Wildman–Crippen LogP) is 18.0. The van der Waals surface area contributed by atoms with Gasteiger partial charge in [-0.05, 0) is 108 Å². The zero-order chi connectivity index (χ0) is 47.0. The Morgan fingerprint density at radius 3 is 0.889 bits per heavy atom. The van der Waals surface area contributed by atoms with Crippen molar-refractivity contribution in [3.05, 3.63) is 231 Å². The molecule has 0 N–H and O–H groups in total. The molecule has 5 heterocycles. The van der Waals surface area contributed by atoms with E-state index in [0.29, 0.717) is 0 Å². The van der Waals surface area contributed by atoms with E-state index >= 15 is 0 Å². The van der Waals surface area contributed by atoms with Gasteiger partial charge in [0.15, 0.2) is 11.6 Å². The third-order valence-electron chi connectivity index (χ3n) is 14.6. The second-order valence-electron chi connectivity index (χ2n) is 18.5. The van der Waals surface area contributed by atoms with Gasteiger partial charge in [-0.1, -0.05) is 157 Å². The smallest absolute Gasteiger partial charge is 0.182 e. The van der Waals surface area contributed by atoms with Crippen molar-refractivity contribution in [2.75, 3.05) is 9.80 Å². The molecule has 0 atom stereocenters. The van der Waals surface area contributed by atoms with Crippen molar-refractivity contribution in [2.24, 2.45) is 0 Å². The Bertz CT molecular complexity index is 4140. The summed E-state index contributed by atoms with van der Waals surface area (Å²) in [6.07, 6.45) is 0. The van der Waals surface area contributed by atoms with E-state index in [4.69, 9.17) is 9.97 Å². The summed E-state index contributed by atoms with van der Waals surface area (Å²) in [7, 11) is 0. The normalized spacial score (nSPS) is 13.1. The van der Waals surface area contributed by atoms with Gasteiger partial charge in [0.2, 0.25) is 0 Å². The number of anilines is 6. The molecule has 3 aromatic heterocycles. The van der Waals surface area contributed by atoms with E-state index in [0.717, 1.165) is 100 Å². The van der Waals surface area contributed by atoms with Crippen LogP contribution in [-0.4, -0.2) is 19.1 Å². The number of para-hydroxylation sites is 8. The van der Waals surface area contributed by atoms with Crippen molar-refractivity contribution in [1.82, 2.24) is 19.1 Å². The van der Waals surface area contributed by atoms with Gasteiger partial charge in [0, 0.05) is 63.3 Å². The molecule has 0 saturated carbocycles. The maximum absolute atomic E-state index is 6.09. The molecule has 0 saturated heterocycles. The van der Waals surface area contributed by atoms with Crippen molar-refractivity contribution in [2.45, 2.75) is 19.6 Å². The lowest BCUT2D eigenvalue weighted by Gasteiger charge is -2.33. The summed E-state index contributed by atoms with van der Waals surface area (Å²) in [6.45, 7) is 0. The first-order chi connectivity index (χ1) is 35.7. The van der Waals surface area contributed by atoms with Crippen molar-refractivity contribution in [3.8, 4) is 11.6 Å². The molecule has 0 aliphatic carbocycles. The van der Waals surface area contributed by atoms with Crippen LogP contribution in [0.3, 0.4) is 0 Å². The summed E-state index contributed by atoms with van der Waals surface area (Å²) in [4.78, 5) is 21.9. The number of benzene rings is 11. The highest BCUT2D eigenvalue weighted by atomic mass is 32.2. The van der Waals surface area contributed by atoms with Gasteiger partial charge in [-0.2, -0.15) is 0 Å². The summed E-state index contributed by atoms with van der Waals surface area (Å²) in [6, 6.07) is 83.6. The van der Waals surface area contributed by atoms with Gasteiger partial charge < -0.3 is 9.80 Å². The van der Waals surface area contributed by atoms with Gasteiger partial charge >= 0.3 is 0 Å². The van der Waals surface area contributed by atoms with Crippen molar-refractivity contribution < 1.29 is 0 Å². The first kappa shape index (κ1) is 40.0. The van der Waals surface area contributed by atoms with E-state index in [1.807, 2.05) is 23.5 Å². The highest BCUT2D eigenvalue weighted by Crippen LogP contribution is 2.54.